The zero-order chi connectivity index (χ0) is 12.4. The summed E-state index contributed by atoms with van der Waals surface area (Å²) in [6.07, 6.45) is 4.12. The van der Waals surface area contributed by atoms with Gasteiger partial charge in [0, 0.05) is 11.1 Å². The van der Waals surface area contributed by atoms with Crippen molar-refractivity contribution in [1.82, 2.24) is 19.6 Å². The second-order valence-electron chi connectivity index (χ2n) is 4.13. The third-order valence-electron chi connectivity index (χ3n) is 2.79. The molecule has 5 heteroatoms. The standard InChI is InChI=1S/C13H14N4S/c1-2-3-8-18-13-15-12-10-6-4-5-7-11(10)14-9-17(12)16-13/h4-7,9H,2-3,8H2,1H3. The summed E-state index contributed by atoms with van der Waals surface area (Å²) in [5.74, 6) is 1.07. The highest BCUT2D eigenvalue weighted by Gasteiger charge is 2.07. The largest absolute Gasteiger partial charge is 0.236 e. The number of aromatic nitrogens is 4. The number of unbranched alkanes of at least 4 members (excludes halogenated alkanes) is 1. The fraction of sp³-hybridized carbons (Fsp3) is 0.308. The van der Waals surface area contributed by atoms with E-state index in [0.29, 0.717) is 0 Å². The zero-order valence-electron chi connectivity index (χ0n) is 10.2. The summed E-state index contributed by atoms with van der Waals surface area (Å²) in [5, 5.41) is 6.33. The number of nitrogens with zero attached hydrogens (tertiary/aromatic N) is 4. The van der Waals surface area contributed by atoms with Crippen molar-refractivity contribution in [2.45, 2.75) is 24.9 Å². The molecule has 0 radical (unpaired) electrons. The van der Waals surface area contributed by atoms with E-state index in [2.05, 4.69) is 22.0 Å². The number of hydrogen-bond acceptors (Lipinski definition) is 4. The van der Waals surface area contributed by atoms with E-state index < -0.39 is 0 Å². The molecule has 92 valence electrons. The van der Waals surface area contributed by atoms with Crippen LogP contribution in [0.15, 0.2) is 35.7 Å². The van der Waals surface area contributed by atoms with E-state index in [1.807, 2.05) is 24.3 Å². The lowest BCUT2D eigenvalue weighted by Crippen LogP contribution is -1.90. The lowest BCUT2D eigenvalue weighted by atomic mass is 10.2. The van der Waals surface area contributed by atoms with Gasteiger partial charge in [-0.3, -0.25) is 0 Å². The third-order valence-corrected chi connectivity index (χ3v) is 3.72. The Bertz CT molecular complexity index is 677. The molecule has 2 heterocycles. The topological polar surface area (TPSA) is 43.1 Å². The third kappa shape index (κ3) is 2.06. The number of fused-ring (bicyclic) bond motifs is 3. The Morgan fingerprint density at radius 3 is 3.06 bits per heavy atom. The van der Waals surface area contributed by atoms with Gasteiger partial charge in [0.25, 0.3) is 0 Å². The lowest BCUT2D eigenvalue weighted by molar-refractivity contribution is 0.861. The summed E-state index contributed by atoms with van der Waals surface area (Å²) in [7, 11) is 0. The molecular formula is C13H14N4S. The van der Waals surface area contributed by atoms with Crippen LogP contribution in [0.4, 0.5) is 0 Å². The van der Waals surface area contributed by atoms with Gasteiger partial charge in [0.1, 0.15) is 6.33 Å². The Hall–Kier alpha value is -1.62. The Kier molecular flexibility index (Phi) is 3.15. The normalized spacial score (nSPS) is 11.4. The van der Waals surface area contributed by atoms with Crippen LogP contribution in [0, 0.1) is 0 Å². The van der Waals surface area contributed by atoms with Gasteiger partial charge in [0.2, 0.25) is 5.16 Å². The van der Waals surface area contributed by atoms with Gasteiger partial charge in [-0.2, -0.15) is 0 Å². The van der Waals surface area contributed by atoms with Crippen LogP contribution in [0.1, 0.15) is 19.8 Å². The molecule has 3 rings (SSSR count). The van der Waals surface area contributed by atoms with E-state index in [1.54, 1.807) is 22.6 Å². The van der Waals surface area contributed by atoms with Crippen LogP contribution in [-0.4, -0.2) is 25.3 Å². The quantitative estimate of drug-likeness (QED) is 0.532. The molecule has 0 bridgehead atoms. The molecule has 3 aromatic rings. The van der Waals surface area contributed by atoms with Crippen molar-refractivity contribution in [2.24, 2.45) is 0 Å². The first-order valence-electron chi connectivity index (χ1n) is 6.11. The van der Waals surface area contributed by atoms with Gasteiger partial charge in [0.05, 0.1) is 5.52 Å². The molecular weight excluding hydrogens is 244 g/mol. The van der Waals surface area contributed by atoms with Crippen molar-refractivity contribution in [2.75, 3.05) is 5.75 Å². The molecule has 0 aliphatic heterocycles. The molecule has 2 aromatic heterocycles. The lowest BCUT2D eigenvalue weighted by Gasteiger charge is -1.96. The summed E-state index contributed by atoms with van der Waals surface area (Å²) < 4.78 is 1.76. The number of benzene rings is 1. The molecule has 0 saturated carbocycles. The minimum absolute atomic E-state index is 0.835. The summed E-state index contributed by atoms with van der Waals surface area (Å²) in [5.41, 5.74) is 1.85. The smallest absolute Gasteiger partial charge is 0.209 e. The van der Waals surface area contributed by atoms with Crippen molar-refractivity contribution in [3.05, 3.63) is 30.6 Å². The van der Waals surface area contributed by atoms with Crippen LogP contribution in [0.25, 0.3) is 16.6 Å². The average molecular weight is 258 g/mol. The molecule has 0 aliphatic carbocycles. The predicted molar refractivity (Wildman–Crippen MR) is 73.9 cm³/mol. The van der Waals surface area contributed by atoms with Crippen LogP contribution in [0.3, 0.4) is 0 Å². The van der Waals surface area contributed by atoms with E-state index in [0.717, 1.165) is 27.5 Å². The maximum atomic E-state index is 4.59. The Morgan fingerprint density at radius 1 is 1.28 bits per heavy atom. The molecule has 0 atom stereocenters. The van der Waals surface area contributed by atoms with Gasteiger partial charge >= 0.3 is 0 Å². The van der Waals surface area contributed by atoms with Crippen LogP contribution in [0.2, 0.25) is 0 Å². The molecule has 0 unspecified atom stereocenters. The number of para-hydroxylation sites is 1. The first-order chi connectivity index (χ1) is 8.88. The maximum Gasteiger partial charge on any atom is 0.209 e. The summed E-state index contributed by atoms with van der Waals surface area (Å²) in [6.45, 7) is 2.19. The summed E-state index contributed by atoms with van der Waals surface area (Å²) in [6, 6.07) is 8.02. The van der Waals surface area contributed by atoms with E-state index in [9.17, 15) is 0 Å². The van der Waals surface area contributed by atoms with Crippen molar-refractivity contribution >= 4 is 28.3 Å². The van der Waals surface area contributed by atoms with E-state index in [-0.39, 0.29) is 0 Å². The Labute approximate surface area is 109 Å². The first kappa shape index (κ1) is 11.5. The molecule has 0 saturated heterocycles. The highest BCUT2D eigenvalue weighted by molar-refractivity contribution is 7.99. The molecule has 0 amide bonds. The number of thioether (sulfide) groups is 1. The average Bonchev–Trinajstić information content (AvgIpc) is 2.82. The fourth-order valence-electron chi connectivity index (χ4n) is 1.83. The van der Waals surface area contributed by atoms with Crippen molar-refractivity contribution in [3.8, 4) is 0 Å². The zero-order valence-corrected chi connectivity index (χ0v) is 11.0. The van der Waals surface area contributed by atoms with E-state index >= 15 is 0 Å². The van der Waals surface area contributed by atoms with Crippen molar-refractivity contribution in [1.29, 1.82) is 0 Å². The predicted octanol–water partition coefficient (Wildman–Crippen LogP) is 3.17. The Morgan fingerprint density at radius 2 is 2.17 bits per heavy atom. The van der Waals surface area contributed by atoms with E-state index in [1.165, 1.54) is 12.8 Å². The highest BCUT2D eigenvalue weighted by atomic mass is 32.2. The summed E-state index contributed by atoms with van der Waals surface area (Å²) in [4.78, 5) is 8.96. The van der Waals surface area contributed by atoms with Crippen LogP contribution in [0.5, 0.6) is 0 Å². The van der Waals surface area contributed by atoms with Gasteiger partial charge in [-0.15, -0.1) is 5.10 Å². The SMILES string of the molecule is CCCCSc1nc2c3ccccc3ncn2n1. The molecule has 0 spiro atoms. The monoisotopic (exact) mass is 258 g/mol. The maximum absolute atomic E-state index is 4.59. The first-order valence-corrected chi connectivity index (χ1v) is 7.10. The van der Waals surface area contributed by atoms with Gasteiger partial charge in [-0.1, -0.05) is 37.2 Å². The highest BCUT2D eigenvalue weighted by Crippen LogP contribution is 2.20. The van der Waals surface area contributed by atoms with Gasteiger partial charge < -0.3 is 0 Å². The van der Waals surface area contributed by atoms with Gasteiger partial charge in [0.15, 0.2) is 5.65 Å². The molecule has 18 heavy (non-hydrogen) atoms. The second kappa shape index (κ2) is 4.94. The number of rotatable bonds is 4. The fourth-order valence-corrected chi connectivity index (χ4v) is 2.74. The second-order valence-corrected chi connectivity index (χ2v) is 5.19. The number of hydrogen-bond donors (Lipinski definition) is 0. The van der Waals surface area contributed by atoms with Crippen molar-refractivity contribution in [3.63, 3.8) is 0 Å². The molecule has 0 fully saturated rings. The van der Waals surface area contributed by atoms with E-state index in [4.69, 9.17) is 0 Å². The molecule has 4 nitrogen and oxygen atoms in total. The Balaban J connectivity index is 2.03. The van der Waals surface area contributed by atoms with Gasteiger partial charge in [-0.25, -0.2) is 14.5 Å². The van der Waals surface area contributed by atoms with Gasteiger partial charge in [-0.05, 0) is 18.6 Å². The van der Waals surface area contributed by atoms with Crippen LogP contribution in [-0.2, 0) is 0 Å². The van der Waals surface area contributed by atoms with Crippen molar-refractivity contribution < 1.29 is 0 Å². The molecule has 1 aromatic carbocycles. The minimum atomic E-state index is 0.835. The molecule has 0 aliphatic rings. The molecule has 0 N–H and O–H groups in total. The summed E-state index contributed by atoms with van der Waals surface area (Å²) >= 11 is 1.71. The van der Waals surface area contributed by atoms with Crippen LogP contribution >= 0.6 is 11.8 Å². The van der Waals surface area contributed by atoms with Crippen LogP contribution < -0.4 is 0 Å². The minimum Gasteiger partial charge on any atom is -0.236 e.